The van der Waals surface area contributed by atoms with Crippen LogP contribution in [-0.2, 0) is 9.53 Å². The molecule has 1 saturated heterocycles. The van der Waals surface area contributed by atoms with E-state index in [9.17, 15) is 9.59 Å². The van der Waals surface area contributed by atoms with Gasteiger partial charge in [0.15, 0.2) is 5.76 Å². The molecule has 4 rings (SSSR count). The Morgan fingerprint density at radius 1 is 1.11 bits per heavy atom. The Labute approximate surface area is 211 Å². The third kappa shape index (κ3) is 6.80. The molecule has 0 unspecified atom stereocenters. The number of thioether (sulfide) groups is 1. The molecule has 0 saturated carbocycles. The van der Waals surface area contributed by atoms with E-state index in [0.717, 1.165) is 38.4 Å². The molecule has 35 heavy (non-hydrogen) atoms. The van der Waals surface area contributed by atoms with Crippen LogP contribution in [0.1, 0.15) is 29.3 Å². The molecule has 2 aromatic carbocycles. The third-order valence-corrected chi connectivity index (χ3v) is 7.06. The highest BCUT2D eigenvalue weighted by Gasteiger charge is 2.24. The van der Waals surface area contributed by atoms with Crippen molar-refractivity contribution in [1.29, 1.82) is 0 Å². The zero-order chi connectivity index (χ0) is 24.6. The van der Waals surface area contributed by atoms with Crippen LogP contribution in [0, 0.1) is 6.92 Å². The van der Waals surface area contributed by atoms with Gasteiger partial charge in [0, 0.05) is 49.1 Å². The zero-order valence-electron chi connectivity index (χ0n) is 20.5. The summed E-state index contributed by atoms with van der Waals surface area (Å²) in [5.74, 6) is 0.591. The Balaban J connectivity index is 1.23. The smallest absolute Gasteiger partial charge is 0.291 e. The molecular weight excluding hydrogens is 460 g/mol. The lowest BCUT2D eigenvalue weighted by Crippen LogP contribution is -2.52. The van der Waals surface area contributed by atoms with Crippen LogP contribution in [0.2, 0.25) is 0 Å². The number of carbonyl (C=O) groups excluding carboxylic acids is 2. The highest BCUT2D eigenvalue weighted by molar-refractivity contribution is 8.02. The van der Waals surface area contributed by atoms with Crippen LogP contribution in [0.3, 0.4) is 0 Å². The fourth-order valence-corrected chi connectivity index (χ4v) is 5.11. The number of ether oxygens (including phenoxy) is 1. The van der Waals surface area contributed by atoms with E-state index in [0.29, 0.717) is 30.4 Å². The van der Waals surface area contributed by atoms with Crippen molar-refractivity contribution in [2.24, 2.45) is 0 Å². The van der Waals surface area contributed by atoms with Gasteiger partial charge in [-0.1, -0.05) is 24.3 Å². The number of amides is 2. The van der Waals surface area contributed by atoms with Crippen LogP contribution in [0.25, 0.3) is 0 Å². The van der Waals surface area contributed by atoms with E-state index in [1.54, 1.807) is 41.4 Å². The van der Waals surface area contributed by atoms with Crippen molar-refractivity contribution in [1.82, 2.24) is 10.2 Å². The average molecular weight is 495 g/mol. The van der Waals surface area contributed by atoms with E-state index in [-0.39, 0.29) is 17.6 Å². The van der Waals surface area contributed by atoms with Crippen LogP contribution in [0.5, 0.6) is 0 Å². The maximum Gasteiger partial charge on any atom is 0.291 e. The van der Waals surface area contributed by atoms with Crippen molar-refractivity contribution in [2.75, 3.05) is 55.3 Å². The zero-order valence-corrected chi connectivity index (χ0v) is 21.3. The van der Waals surface area contributed by atoms with Crippen LogP contribution in [-0.4, -0.2) is 67.8 Å². The highest BCUT2D eigenvalue weighted by atomic mass is 32.2. The van der Waals surface area contributed by atoms with Crippen LogP contribution >= 0.6 is 11.8 Å². The molecule has 0 radical (unpaired) electrons. The second-order valence-corrected chi connectivity index (χ2v) is 9.97. The average Bonchev–Trinajstić information content (AvgIpc) is 2.87. The van der Waals surface area contributed by atoms with E-state index in [4.69, 9.17) is 4.74 Å². The van der Waals surface area contributed by atoms with Gasteiger partial charge in [0.1, 0.15) is 0 Å². The molecule has 1 atom stereocenters. The van der Waals surface area contributed by atoms with Gasteiger partial charge in [-0.15, -0.1) is 11.8 Å². The van der Waals surface area contributed by atoms with Gasteiger partial charge in [-0.05, 0) is 56.6 Å². The number of piperazine rings is 1. The Morgan fingerprint density at radius 3 is 2.74 bits per heavy atom. The number of aryl methyl sites for hydroxylation is 1. The van der Waals surface area contributed by atoms with Crippen LogP contribution in [0.4, 0.5) is 11.4 Å². The van der Waals surface area contributed by atoms with E-state index in [1.165, 1.54) is 11.3 Å². The quantitative estimate of drug-likeness (QED) is 0.543. The summed E-state index contributed by atoms with van der Waals surface area (Å²) in [5.41, 5.74) is 3.51. The summed E-state index contributed by atoms with van der Waals surface area (Å²) in [6, 6.07) is 16.2. The number of nitrogens with zero attached hydrogens (tertiary/aromatic N) is 2. The summed E-state index contributed by atoms with van der Waals surface area (Å²) in [5, 5.41) is 7.53. The molecule has 2 aliphatic heterocycles. The molecular formula is C27H34N4O3S. The number of para-hydroxylation sites is 1. The number of carbonyl (C=O) groups is 2. The second-order valence-electron chi connectivity index (χ2n) is 8.99. The topological polar surface area (TPSA) is 73.9 Å². The lowest BCUT2D eigenvalue weighted by molar-refractivity contribution is -0.116. The van der Waals surface area contributed by atoms with Gasteiger partial charge in [0.05, 0.1) is 17.9 Å². The molecule has 186 valence electrons. The minimum atomic E-state index is -0.337. The lowest BCUT2D eigenvalue weighted by Gasteiger charge is -2.41. The van der Waals surface area contributed by atoms with Crippen molar-refractivity contribution in [2.45, 2.75) is 26.3 Å². The predicted molar refractivity (Wildman–Crippen MR) is 143 cm³/mol. The summed E-state index contributed by atoms with van der Waals surface area (Å²) in [4.78, 5) is 30.2. The Morgan fingerprint density at radius 2 is 1.97 bits per heavy atom. The molecule has 2 aliphatic rings. The molecule has 2 heterocycles. The molecule has 8 heteroatoms. The van der Waals surface area contributed by atoms with Gasteiger partial charge < -0.3 is 20.3 Å². The number of rotatable bonds is 8. The summed E-state index contributed by atoms with van der Waals surface area (Å²) in [7, 11) is 0. The molecule has 2 amide bonds. The normalized spacial score (nSPS) is 18.4. The molecule has 0 aliphatic carbocycles. The van der Waals surface area contributed by atoms with Crippen molar-refractivity contribution < 1.29 is 14.3 Å². The van der Waals surface area contributed by atoms with Gasteiger partial charge in [-0.3, -0.25) is 14.5 Å². The minimum Gasteiger partial charge on any atom is -0.487 e. The summed E-state index contributed by atoms with van der Waals surface area (Å²) >= 11 is 1.54. The molecule has 0 bridgehead atoms. The largest absolute Gasteiger partial charge is 0.487 e. The van der Waals surface area contributed by atoms with E-state index in [2.05, 4.69) is 58.5 Å². The van der Waals surface area contributed by atoms with Gasteiger partial charge in [-0.25, -0.2) is 0 Å². The first-order chi connectivity index (χ1) is 17.0. The molecule has 1 fully saturated rings. The number of nitrogens with one attached hydrogen (secondary N) is 2. The number of benzene rings is 2. The lowest BCUT2D eigenvalue weighted by atomic mass is 10.1. The Kier molecular flexibility index (Phi) is 8.71. The first-order valence-electron chi connectivity index (χ1n) is 12.2. The van der Waals surface area contributed by atoms with Crippen molar-refractivity contribution in [3.8, 4) is 0 Å². The van der Waals surface area contributed by atoms with Crippen molar-refractivity contribution in [3.05, 3.63) is 70.8 Å². The fraction of sp³-hybridized carbons (Fsp3) is 0.407. The second kappa shape index (κ2) is 12.1. The van der Waals surface area contributed by atoms with E-state index < -0.39 is 0 Å². The third-order valence-electron chi connectivity index (χ3n) is 6.27. The molecule has 7 nitrogen and oxygen atoms in total. The monoisotopic (exact) mass is 494 g/mol. The predicted octanol–water partition coefficient (Wildman–Crippen LogP) is 3.87. The SMILES string of the molecule is Cc1cccc(N2CCN(CCCNC(=O)c3ccccc3NC(=O)C3=CSCCO3)C[C@@H]2C)c1. The number of hydrogen-bond donors (Lipinski definition) is 2. The number of anilines is 2. The summed E-state index contributed by atoms with van der Waals surface area (Å²) in [6.07, 6.45) is 0.870. The fourth-order valence-electron chi connectivity index (χ4n) is 4.49. The Bertz CT molecular complexity index is 1070. The standard InChI is InChI=1S/C27H34N4O3S/c1-20-7-5-8-22(17-20)31-14-13-30(18-21(31)2)12-6-11-28-26(32)23-9-3-4-10-24(23)29-27(33)25-19-35-16-15-34-25/h3-5,7-10,17,19,21H,6,11-16,18H2,1-2H3,(H,28,32)(H,29,33)/t21-/m0/s1. The van der Waals surface area contributed by atoms with Crippen LogP contribution in [0.15, 0.2) is 59.7 Å². The maximum atomic E-state index is 12.8. The Hall–Kier alpha value is -2.97. The molecule has 0 aromatic heterocycles. The van der Waals surface area contributed by atoms with Crippen molar-refractivity contribution in [3.63, 3.8) is 0 Å². The molecule has 0 spiro atoms. The highest BCUT2D eigenvalue weighted by Crippen LogP contribution is 2.22. The summed E-state index contributed by atoms with van der Waals surface area (Å²) < 4.78 is 5.41. The van der Waals surface area contributed by atoms with Gasteiger partial charge >= 0.3 is 0 Å². The maximum absolute atomic E-state index is 12.8. The van der Waals surface area contributed by atoms with Crippen LogP contribution < -0.4 is 15.5 Å². The molecule has 2 N–H and O–H groups in total. The molecule has 2 aromatic rings. The summed E-state index contributed by atoms with van der Waals surface area (Å²) in [6.45, 7) is 9.45. The van der Waals surface area contributed by atoms with Gasteiger partial charge in [0.2, 0.25) is 0 Å². The first-order valence-corrected chi connectivity index (χ1v) is 13.2. The minimum absolute atomic E-state index is 0.188. The van der Waals surface area contributed by atoms with E-state index in [1.807, 2.05) is 0 Å². The first kappa shape index (κ1) is 25.1. The van der Waals surface area contributed by atoms with Crippen molar-refractivity contribution >= 4 is 35.0 Å². The van der Waals surface area contributed by atoms with Gasteiger partial charge in [-0.2, -0.15) is 0 Å². The van der Waals surface area contributed by atoms with Gasteiger partial charge in [0.25, 0.3) is 11.8 Å². The number of hydrogen-bond acceptors (Lipinski definition) is 6. The van der Waals surface area contributed by atoms with E-state index >= 15 is 0 Å².